The summed E-state index contributed by atoms with van der Waals surface area (Å²) in [5, 5.41) is 1.89. The van der Waals surface area contributed by atoms with Gasteiger partial charge in [0.1, 0.15) is 0 Å². The predicted molar refractivity (Wildman–Crippen MR) is 100 cm³/mol. The van der Waals surface area contributed by atoms with Crippen LogP contribution in [0.15, 0.2) is 35.2 Å². The first-order chi connectivity index (χ1) is 12.4. The van der Waals surface area contributed by atoms with Crippen molar-refractivity contribution in [3.8, 4) is 5.69 Å². The lowest BCUT2D eigenvalue weighted by Crippen LogP contribution is -2.17. The summed E-state index contributed by atoms with van der Waals surface area (Å²) in [6.45, 7) is 5.96. The number of nitrogens with one attached hydrogen (secondary N) is 1. The quantitative estimate of drug-likeness (QED) is 0.657. The molecule has 2 aromatic rings. The summed E-state index contributed by atoms with van der Waals surface area (Å²) >= 11 is 0.891. The van der Waals surface area contributed by atoms with Gasteiger partial charge in [-0.2, -0.15) is 0 Å². The number of hydrogen-bond donors (Lipinski definition) is 1. The molecule has 1 fully saturated rings. The van der Waals surface area contributed by atoms with Crippen LogP contribution in [0.2, 0.25) is 0 Å². The first-order valence-electron chi connectivity index (χ1n) is 8.12. The van der Waals surface area contributed by atoms with Crippen LogP contribution in [0.4, 0.5) is 4.79 Å². The molecule has 0 radical (unpaired) electrons. The van der Waals surface area contributed by atoms with Crippen LogP contribution >= 0.6 is 11.8 Å². The van der Waals surface area contributed by atoms with Crippen molar-refractivity contribution in [2.24, 2.45) is 0 Å². The third-order valence-electron chi connectivity index (χ3n) is 4.01. The van der Waals surface area contributed by atoms with Crippen molar-refractivity contribution >= 4 is 35.0 Å². The number of hydrogen-bond acceptors (Lipinski definition) is 5. The minimum absolute atomic E-state index is 0.320. The van der Waals surface area contributed by atoms with Gasteiger partial charge in [0.2, 0.25) is 0 Å². The molecule has 0 spiro atoms. The summed E-state index contributed by atoms with van der Waals surface area (Å²) in [4.78, 5) is 35.4. The van der Waals surface area contributed by atoms with Crippen LogP contribution in [0.1, 0.15) is 34.2 Å². The van der Waals surface area contributed by atoms with Gasteiger partial charge in [-0.1, -0.05) is 6.07 Å². The van der Waals surface area contributed by atoms with Crippen molar-refractivity contribution in [1.82, 2.24) is 9.88 Å². The lowest BCUT2D eigenvalue weighted by molar-refractivity contribution is -0.115. The van der Waals surface area contributed by atoms with Gasteiger partial charge < -0.3 is 9.30 Å². The largest absolute Gasteiger partial charge is 0.462 e. The fourth-order valence-corrected chi connectivity index (χ4v) is 3.55. The van der Waals surface area contributed by atoms with Crippen LogP contribution in [-0.2, 0) is 9.53 Å². The number of esters is 1. The van der Waals surface area contributed by atoms with E-state index in [2.05, 4.69) is 5.32 Å². The minimum atomic E-state index is -0.380. The third-order valence-corrected chi connectivity index (χ3v) is 4.83. The number of ether oxygens (including phenoxy) is 1. The van der Waals surface area contributed by atoms with Crippen molar-refractivity contribution in [3.63, 3.8) is 0 Å². The number of amides is 2. The SMILES string of the molecule is CCOC(=O)c1cccc(-n2c(C)cc(C=C3SC(=O)NC3=O)c2C)c1. The van der Waals surface area contributed by atoms with Gasteiger partial charge in [0.15, 0.2) is 0 Å². The standard InChI is InChI=1S/C19H18N2O4S/c1-4-25-18(23)13-6-5-7-15(9-13)21-11(2)8-14(12(21)3)10-16-17(22)20-19(24)26-16/h5-10H,4H2,1-3H3,(H,20,22,24). The molecule has 0 bridgehead atoms. The number of imide groups is 1. The molecule has 1 aliphatic heterocycles. The molecule has 26 heavy (non-hydrogen) atoms. The van der Waals surface area contributed by atoms with Crippen molar-refractivity contribution < 1.29 is 19.1 Å². The van der Waals surface area contributed by atoms with Crippen molar-refractivity contribution in [2.45, 2.75) is 20.8 Å². The predicted octanol–water partition coefficient (Wildman–Crippen LogP) is 3.59. The summed E-state index contributed by atoms with van der Waals surface area (Å²) < 4.78 is 7.05. The Bertz CT molecular complexity index is 943. The average Bonchev–Trinajstić information content (AvgIpc) is 3.06. The number of benzene rings is 1. The highest BCUT2D eigenvalue weighted by Gasteiger charge is 2.25. The Morgan fingerprint density at radius 2 is 2.04 bits per heavy atom. The molecule has 1 N–H and O–H groups in total. The Hall–Kier alpha value is -2.80. The van der Waals surface area contributed by atoms with Crippen LogP contribution in [-0.4, -0.2) is 28.3 Å². The minimum Gasteiger partial charge on any atom is -0.462 e. The van der Waals surface area contributed by atoms with E-state index in [9.17, 15) is 14.4 Å². The molecule has 1 aliphatic rings. The summed E-state index contributed by atoms with van der Waals surface area (Å²) in [5.41, 5.74) is 4.01. The van der Waals surface area contributed by atoms with Crippen LogP contribution in [0, 0.1) is 13.8 Å². The Kier molecular flexibility index (Phi) is 4.99. The van der Waals surface area contributed by atoms with Gasteiger partial charge in [-0.3, -0.25) is 14.9 Å². The number of rotatable bonds is 4. The van der Waals surface area contributed by atoms with Gasteiger partial charge in [-0.25, -0.2) is 4.79 Å². The number of thioether (sulfide) groups is 1. The first-order valence-corrected chi connectivity index (χ1v) is 8.93. The molecule has 0 unspecified atom stereocenters. The molecule has 1 saturated heterocycles. The molecule has 2 amide bonds. The maximum atomic E-state index is 12.0. The van der Waals surface area contributed by atoms with Crippen LogP contribution in [0.25, 0.3) is 11.8 Å². The maximum absolute atomic E-state index is 12.0. The van der Waals surface area contributed by atoms with Crippen LogP contribution in [0.5, 0.6) is 0 Å². The fourth-order valence-electron chi connectivity index (χ4n) is 2.88. The zero-order valence-electron chi connectivity index (χ0n) is 14.7. The van der Waals surface area contributed by atoms with E-state index in [0.29, 0.717) is 17.1 Å². The Morgan fingerprint density at radius 1 is 1.27 bits per heavy atom. The molecular formula is C19H18N2O4S. The van der Waals surface area contributed by atoms with Gasteiger partial charge in [-0.05, 0) is 68.4 Å². The second-order valence-electron chi connectivity index (χ2n) is 5.78. The molecule has 7 heteroatoms. The summed E-state index contributed by atoms with van der Waals surface area (Å²) in [6.07, 6.45) is 1.71. The topological polar surface area (TPSA) is 77.4 Å². The summed E-state index contributed by atoms with van der Waals surface area (Å²) in [7, 11) is 0. The van der Waals surface area contributed by atoms with Crippen LogP contribution < -0.4 is 5.32 Å². The molecule has 1 aromatic heterocycles. The Balaban J connectivity index is 2.00. The molecule has 0 atom stereocenters. The van der Waals surface area contributed by atoms with E-state index >= 15 is 0 Å². The lowest BCUT2D eigenvalue weighted by atomic mass is 10.2. The fraction of sp³-hybridized carbons (Fsp3) is 0.211. The highest BCUT2D eigenvalue weighted by molar-refractivity contribution is 8.18. The Labute approximate surface area is 155 Å². The monoisotopic (exact) mass is 370 g/mol. The molecule has 2 heterocycles. The van der Waals surface area contributed by atoms with Gasteiger partial charge in [0.25, 0.3) is 11.1 Å². The van der Waals surface area contributed by atoms with E-state index < -0.39 is 0 Å². The molecule has 0 saturated carbocycles. The number of carbonyl (C=O) groups excluding carboxylic acids is 3. The zero-order valence-corrected chi connectivity index (χ0v) is 15.5. The molecule has 6 nitrogen and oxygen atoms in total. The van der Waals surface area contributed by atoms with Gasteiger partial charge in [0.05, 0.1) is 17.1 Å². The van der Waals surface area contributed by atoms with E-state index in [1.807, 2.05) is 30.5 Å². The van der Waals surface area contributed by atoms with E-state index in [1.54, 1.807) is 31.2 Å². The van der Waals surface area contributed by atoms with E-state index in [-0.39, 0.29) is 17.1 Å². The first kappa shape index (κ1) is 18.0. The molecule has 1 aromatic carbocycles. The molecule has 0 aliphatic carbocycles. The molecular weight excluding hydrogens is 352 g/mol. The normalized spacial score (nSPS) is 15.4. The van der Waals surface area contributed by atoms with Crippen molar-refractivity contribution in [3.05, 3.63) is 57.8 Å². The van der Waals surface area contributed by atoms with E-state index in [4.69, 9.17) is 4.74 Å². The highest BCUT2D eigenvalue weighted by atomic mass is 32.2. The maximum Gasteiger partial charge on any atom is 0.338 e. The molecule has 134 valence electrons. The average molecular weight is 370 g/mol. The number of carbonyl (C=O) groups is 3. The van der Waals surface area contributed by atoms with Crippen molar-refractivity contribution in [2.75, 3.05) is 6.61 Å². The molecule has 3 rings (SSSR count). The van der Waals surface area contributed by atoms with E-state index in [1.165, 1.54) is 0 Å². The van der Waals surface area contributed by atoms with Crippen molar-refractivity contribution in [1.29, 1.82) is 0 Å². The third kappa shape index (κ3) is 3.43. The van der Waals surface area contributed by atoms with Crippen LogP contribution in [0.3, 0.4) is 0 Å². The smallest absolute Gasteiger partial charge is 0.338 e. The van der Waals surface area contributed by atoms with Gasteiger partial charge in [-0.15, -0.1) is 0 Å². The van der Waals surface area contributed by atoms with Gasteiger partial charge in [0, 0.05) is 17.1 Å². The Morgan fingerprint density at radius 3 is 2.69 bits per heavy atom. The summed E-state index contributed by atoms with van der Waals surface area (Å²) in [6, 6.07) is 9.13. The number of nitrogens with zero attached hydrogens (tertiary/aromatic N) is 1. The second kappa shape index (κ2) is 7.21. The number of aromatic nitrogens is 1. The van der Waals surface area contributed by atoms with Gasteiger partial charge >= 0.3 is 5.97 Å². The second-order valence-corrected chi connectivity index (χ2v) is 6.80. The lowest BCUT2D eigenvalue weighted by Gasteiger charge is -2.11. The zero-order chi connectivity index (χ0) is 18.8. The van der Waals surface area contributed by atoms with E-state index in [0.717, 1.165) is 34.4 Å². The summed E-state index contributed by atoms with van der Waals surface area (Å²) in [5.74, 6) is -0.745. The number of aryl methyl sites for hydroxylation is 1. The highest BCUT2D eigenvalue weighted by Crippen LogP contribution is 2.29.